The van der Waals surface area contributed by atoms with E-state index in [1.165, 1.54) is 0 Å². The summed E-state index contributed by atoms with van der Waals surface area (Å²) in [6.45, 7) is 0. The number of aromatic amines is 2. The molecule has 1 rings (SSSR count). The van der Waals surface area contributed by atoms with Crippen molar-refractivity contribution in [3.8, 4) is 0 Å². The maximum atomic E-state index is 10.6. The summed E-state index contributed by atoms with van der Waals surface area (Å²) in [7, 11) is 0. The van der Waals surface area contributed by atoms with E-state index in [-0.39, 0.29) is 6.15 Å². The van der Waals surface area contributed by atoms with E-state index >= 15 is 0 Å². The van der Waals surface area contributed by atoms with Gasteiger partial charge in [-0.15, -0.1) is 0 Å². The monoisotopic (exact) mass is 174 g/mol. The Hall–Kier alpha value is -1.96. The lowest BCUT2D eigenvalue weighted by molar-refractivity contribution is -0.386. The minimum absolute atomic E-state index is 0. The lowest BCUT2D eigenvalue weighted by Gasteiger charge is -1.85. The van der Waals surface area contributed by atoms with E-state index in [0.29, 0.717) is 0 Å². The van der Waals surface area contributed by atoms with Crippen LogP contribution >= 0.6 is 0 Å². The van der Waals surface area contributed by atoms with Crippen molar-refractivity contribution >= 4 is 5.69 Å². The number of nitrogens with one attached hydrogen (secondary N) is 2. The summed E-state index contributed by atoms with van der Waals surface area (Å²) < 4.78 is 0. The van der Waals surface area contributed by atoms with Gasteiger partial charge < -0.3 is 11.1 Å². The molecule has 0 fully saturated rings. The fourth-order valence-corrected chi connectivity index (χ4v) is 0.538. The van der Waals surface area contributed by atoms with Gasteiger partial charge >= 0.3 is 16.9 Å². The van der Waals surface area contributed by atoms with Crippen LogP contribution in [-0.2, 0) is 0 Å². The molecule has 8 nitrogen and oxygen atoms in total. The van der Waals surface area contributed by atoms with Crippen molar-refractivity contribution in [3.05, 3.63) is 37.1 Å². The van der Waals surface area contributed by atoms with Crippen molar-refractivity contribution in [2.75, 3.05) is 0 Å². The number of aromatic nitrogens is 2. The Labute approximate surface area is 65.0 Å². The average molecular weight is 174 g/mol. The molecule has 0 saturated carbocycles. The maximum Gasteiger partial charge on any atom is 0.349 e. The normalized spacial score (nSPS) is 8.67. The van der Waals surface area contributed by atoms with Gasteiger partial charge in [-0.3, -0.25) is 19.9 Å². The smallest absolute Gasteiger partial charge is 0.344 e. The van der Waals surface area contributed by atoms with Crippen LogP contribution in [0.25, 0.3) is 0 Å². The largest absolute Gasteiger partial charge is 0.349 e. The zero-order valence-electron chi connectivity index (χ0n) is 5.86. The second kappa shape index (κ2) is 3.44. The first-order chi connectivity index (χ1) is 5.11. The molecule has 0 unspecified atom stereocenters. The third-order valence-corrected chi connectivity index (χ3v) is 0.996. The van der Waals surface area contributed by atoms with Gasteiger partial charge in [0.05, 0.1) is 11.1 Å². The summed E-state index contributed by atoms with van der Waals surface area (Å²) in [5.74, 6) is 0. The number of nitrogens with zero attached hydrogens (tertiary/aromatic N) is 1. The quantitative estimate of drug-likeness (QED) is 0.374. The highest BCUT2D eigenvalue weighted by Gasteiger charge is 2.10. The van der Waals surface area contributed by atoms with Crippen molar-refractivity contribution in [1.82, 2.24) is 16.1 Å². The van der Waals surface area contributed by atoms with Crippen LogP contribution in [-0.4, -0.2) is 14.9 Å². The third-order valence-electron chi connectivity index (χ3n) is 0.996. The number of nitro groups is 1. The van der Waals surface area contributed by atoms with E-state index in [1.807, 2.05) is 4.98 Å². The van der Waals surface area contributed by atoms with E-state index in [1.54, 1.807) is 4.98 Å². The van der Waals surface area contributed by atoms with E-state index in [0.717, 1.165) is 6.20 Å². The van der Waals surface area contributed by atoms with Gasteiger partial charge in [0.15, 0.2) is 0 Å². The molecule has 0 spiro atoms. The molecule has 66 valence electrons. The van der Waals surface area contributed by atoms with Gasteiger partial charge in [-0.05, 0) is 0 Å². The molecule has 0 radical (unpaired) electrons. The number of H-pyrrole nitrogens is 2. The fourth-order valence-electron chi connectivity index (χ4n) is 0.538. The molecule has 0 atom stereocenters. The second-order valence-corrected chi connectivity index (χ2v) is 1.71. The van der Waals surface area contributed by atoms with E-state index in [2.05, 4.69) is 0 Å². The van der Waals surface area contributed by atoms with Crippen LogP contribution in [0.2, 0.25) is 0 Å². The summed E-state index contributed by atoms with van der Waals surface area (Å²) in [6, 6.07) is 0. The number of hydrogen-bond acceptors (Lipinski definition) is 5. The molecule has 0 bridgehead atoms. The van der Waals surface area contributed by atoms with Crippen molar-refractivity contribution in [1.29, 1.82) is 0 Å². The Kier molecular flexibility index (Phi) is 2.88. The highest BCUT2D eigenvalue weighted by Crippen LogP contribution is 1.94. The molecular weight excluding hydrogens is 168 g/mol. The molecule has 0 aliphatic heterocycles. The van der Waals surface area contributed by atoms with Gasteiger partial charge in [-0.25, -0.2) is 4.79 Å². The molecule has 0 amide bonds. The molecule has 0 aromatic carbocycles. The van der Waals surface area contributed by atoms with Gasteiger partial charge in [-0.1, -0.05) is 0 Å². The molecule has 8 heteroatoms. The van der Waals surface area contributed by atoms with Crippen LogP contribution in [0.4, 0.5) is 5.69 Å². The summed E-state index contributed by atoms with van der Waals surface area (Å²) in [5, 5.41) is 10.00. The predicted octanol–water partition coefficient (Wildman–Crippen LogP) is -0.867. The zero-order chi connectivity index (χ0) is 8.43. The van der Waals surface area contributed by atoms with Crippen LogP contribution in [0.1, 0.15) is 0 Å². The second-order valence-electron chi connectivity index (χ2n) is 1.71. The van der Waals surface area contributed by atoms with Gasteiger partial charge in [-0.2, -0.15) is 0 Å². The molecule has 1 aromatic heterocycles. The Morgan fingerprint density at radius 3 is 2.42 bits per heavy atom. The number of rotatable bonds is 1. The topological polar surface area (TPSA) is 144 Å². The van der Waals surface area contributed by atoms with Crippen molar-refractivity contribution in [3.63, 3.8) is 0 Å². The Morgan fingerprint density at radius 1 is 1.42 bits per heavy atom. The van der Waals surface area contributed by atoms with Gasteiger partial charge in [0.2, 0.25) is 0 Å². The molecule has 0 aliphatic carbocycles. The fraction of sp³-hybridized carbons (Fsp3) is 0. The SMILES string of the molecule is N.O=c1[nH]cc([N+](=O)[O-])c(=O)[nH]1. The molecule has 0 saturated heterocycles. The molecule has 1 heterocycles. The van der Waals surface area contributed by atoms with Gasteiger partial charge in [0.1, 0.15) is 0 Å². The Morgan fingerprint density at radius 2 is 2.00 bits per heavy atom. The summed E-state index contributed by atoms with van der Waals surface area (Å²) in [5.41, 5.74) is -2.44. The van der Waals surface area contributed by atoms with Crippen LogP contribution < -0.4 is 17.4 Å². The maximum absolute atomic E-state index is 10.6. The van der Waals surface area contributed by atoms with Crippen LogP contribution in [0.3, 0.4) is 0 Å². The minimum Gasteiger partial charge on any atom is -0.344 e. The van der Waals surface area contributed by atoms with Crippen molar-refractivity contribution in [2.45, 2.75) is 0 Å². The zero-order valence-corrected chi connectivity index (χ0v) is 5.86. The van der Waals surface area contributed by atoms with E-state index in [9.17, 15) is 19.7 Å². The third kappa shape index (κ3) is 1.76. The first-order valence-electron chi connectivity index (χ1n) is 2.57. The highest BCUT2D eigenvalue weighted by molar-refractivity contribution is 5.19. The predicted molar refractivity (Wildman–Crippen MR) is 39.4 cm³/mol. The Bertz CT molecular complexity index is 391. The lowest BCUT2D eigenvalue weighted by atomic mass is 10.5. The van der Waals surface area contributed by atoms with Gasteiger partial charge in [0.25, 0.3) is 0 Å². The van der Waals surface area contributed by atoms with Crippen molar-refractivity contribution in [2.24, 2.45) is 0 Å². The van der Waals surface area contributed by atoms with Crippen molar-refractivity contribution < 1.29 is 4.92 Å². The highest BCUT2D eigenvalue weighted by atomic mass is 16.6. The molecule has 0 aliphatic rings. The van der Waals surface area contributed by atoms with Crippen LogP contribution in [0, 0.1) is 10.1 Å². The first-order valence-corrected chi connectivity index (χ1v) is 2.57. The molecule has 1 aromatic rings. The Balaban J connectivity index is 0.00000121. The van der Waals surface area contributed by atoms with Crippen LogP contribution in [0.5, 0.6) is 0 Å². The van der Waals surface area contributed by atoms with E-state index in [4.69, 9.17) is 0 Å². The summed E-state index contributed by atoms with van der Waals surface area (Å²) >= 11 is 0. The number of hydrogen-bond donors (Lipinski definition) is 3. The summed E-state index contributed by atoms with van der Waals surface area (Å²) in [4.78, 5) is 33.7. The first kappa shape index (κ1) is 10.0. The minimum atomic E-state index is -1.00. The molecule has 5 N–H and O–H groups in total. The van der Waals surface area contributed by atoms with Crippen LogP contribution in [0.15, 0.2) is 15.8 Å². The van der Waals surface area contributed by atoms with Gasteiger partial charge in [0, 0.05) is 0 Å². The molecule has 12 heavy (non-hydrogen) atoms. The summed E-state index contributed by atoms with van der Waals surface area (Å²) in [6.07, 6.45) is 0.751. The lowest BCUT2D eigenvalue weighted by Crippen LogP contribution is -2.23. The molecular formula is C4H6N4O4. The van der Waals surface area contributed by atoms with E-state index < -0.39 is 21.9 Å². The average Bonchev–Trinajstić information content (AvgIpc) is 1.85. The standard InChI is InChI=1S/C4H3N3O4.H3N/c8-3-2(7(10)11)1-5-4(9)6-3;/h1H,(H2,5,6,8,9);1H3.